The van der Waals surface area contributed by atoms with Gasteiger partial charge in [0.05, 0.1) is 24.5 Å². The minimum atomic E-state index is -1.08. The van der Waals surface area contributed by atoms with Gasteiger partial charge in [0.1, 0.15) is 11.6 Å². The van der Waals surface area contributed by atoms with Gasteiger partial charge < -0.3 is 25.4 Å². The molecule has 3 amide bonds. The molecule has 0 aromatic rings. The van der Waals surface area contributed by atoms with Crippen molar-refractivity contribution < 1.29 is 24.2 Å². The molecule has 8 nitrogen and oxygen atoms in total. The molecular weight excluding hydrogens is 454 g/mol. The van der Waals surface area contributed by atoms with Gasteiger partial charge in [0.15, 0.2) is 0 Å². The second kappa shape index (κ2) is 7.74. The van der Waals surface area contributed by atoms with Gasteiger partial charge >= 0.3 is 0 Å². The SMILES string of the molecule is CNC(=O)[C@H]1[C@@H]2OC3(CC2Br)C(C(=O)NC(C)(C)CC(C)(C)C)N(CCO)C(=O)[C@H]13. The highest BCUT2D eigenvalue weighted by Crippen LogP contribution is 2.59. The number of hydrogen-bond donors (Lipinski definition) is 3. The molecule has 3 aliphatic rings. The molecule has 1 spiro atoms. The highest BCUT2D eigenvalue weighted by molar-refractivity contribution is 9.09. The first-order valence-corrected chi connectivity index (χ1v) is 11.5. The Balaban J connectivity index is 1.97. The van der Waals surface area contributed by atoms with Crippen LogP contribution in [0.15, 0.2) is 0 Å². The average Bonchev–Trinajstić information content (AvgIpc) is 3.16. The van der Waals surface area contributed by atoms with E-state index in [2.05, 4.69) is 47.3 Å². The number of hydrogen-bond acceptors (Lipinski definition) is 5. The van der Waals surface area contributed by atoms with Crippen LogP contribution in [0.25, 0.3) is 0 Å². The Bertz CT molecular complexity index is 737. The molecule has 0 aliphatic carbocycles. The molecule has 3 rings (SSSR count). The van der Waals surface area contributed by atoms with Crippen molar-refractivity contribution in [1.29, 1.82) is 0 Å². The maximum absolute atomic E-state index is 13.6. The molecule has 3 unspecified atom stereocenters. The van der Waals surface area contributed by atoms with Crippen molar-refractivity contribution in [3.63, 3.8) is 0 Å². The highest BCUT2D eigenvalue weighted by Gasteiger charge is 2.76. The van der Waals surface area contributed by atoms with E-state index >= 15 is 0 Å². The van der Waals surface area contributed by atoms with Gasteiger partial charge in [-0.3, -0.25) is 14.4 Å². The molecule has 3 N–H and O–H groups in total. The summed E-state index contributed by atoms with van der Waals surface area (Å²) in [6, 6.07) is -0.888. The molecule has 0 aromatic heterocycles. The maximum Gasteiger partial charge on any atom is 0.246 e. The maximum atomic E-state index is 13.6. The summed E-state index contributed by atoms with van der Waals surface area (Å²) in [6.45, 7) is 10.0. The highest BCUT2D eigenvalue weighted by atomic mass is 79.9. The number of fused-ring (bicyclic) bond motifs is 1. The van der Waals surface area contributed by atoms with Crippen molar-refractivity contribution in [3.05, 3.63) is 0 Å². The standard InChI is InChI=1S/C21H34BrN3O5/c1-19(2,3)10-20(4,5)24-17(28)15-21-9-11(22)14(30-21)12(16(27)23-6)13(21)18(29)25(15)7-8-26/h11-15,26H,7-10H2,1-6H3,(H,23,27)(H,24,28)/t11?,12-,13+,14-,15?,21?/m1/s1. The minimum absolute atomic E-state index is 0.00145. The number of nitrogens with zero attached hydrogens (tertiary/aromatic N) is 1. The summed E-state index contributed by atoms with van der Waals surface area (Å²) in [5.74, 6) is -2.26. The number of aliphatic hydroxyl groups excluding tert-OH is 1. The first kappa shape index (κ1) is 23.5. The van der Waals surface area contributed by atoms with Crippen molar-refractivity contribution >= 4 is 33.7 Å². The normalized spacial score (nSPS) is 35.5. The van der Waals surface area contributed by atoms with Crippen molar-refractivity contribution in [2.75, 3.05) is 20.2 Å². The van der Waals surface area contributed by atoms with Crippen LogP contribution in [0.5, 0.6) is 0 Å². The monoisotopic (exact) mass is 487 g/mol. The third-order valence-electron chi connectivity index (χ3n) is 6.36. The zero-order chi connectivity index (χ0) is 22.6. The Labute approximate surface area is 186 Å². The molecule has 30 heavy (non-hydrogen) atoms. The largest absolute Gasteiger partial charge is 0.395 e. The van der Waals surface area contributed by atoms with Crippen LogP contribution in [0.2, 0.25) is 0 Å². The zero-order valence-corrected chi connectivity index (χ0v) is 20.2. The quantitative estimate of drug-likeness (QED) is 0.480. The molecule has 9 heteroatoms. The average molecular weight is 488 g/mol. The van der Waals surface area contributed by atoms with E-state index in [-0.39, 0.29) is 41.1 Å². The predicted octanol–water partition coefficient (Wildman–Crippen LogP) is 0.804. The summed E-state index contributed by atoms with van der Waals surface area (Å²) >= 11 is 3.61. The fourth-order valence-corrected chi connectivity index (χ4v) is 6.96. The van der Waals surface area contributed by atoms with Crippen LogP contribution in [0.1, 0.15) is 47.5 Å². The van der Waals surface area contributed by atoms with Crippen molar-refractivity contribution in [2.45, 2.75) is 75.6 Å². The molecule has 3 fully saturated rings. The summed E-state index contributed by atoms with van der Waals surface area (Å²) in [7, 11) is 1.54. The van der Waals surface area contributed by atoms with E-state index in [1.807, 2.05) is 13.8 Å². The number of β-amino-alcohol motifs (C(OH)–C–C–N with tert-alkyl or cyclic N) is 1. The molecule has 0 saturated carbocycles. The second-order valence-electron chi connectivity index (χ2n) is 10.6. The Morgan fingerprint density at radius 3 is 2.43 bits per heavy atom. The summed E-state index contributed by atoms with van der Waals surface area (Å²) in [6.07, 6.45) is 0.739. The van der Waals surface area contributed by atoms with E-state index in [4.69, 9.17) is 4.74 Å². The summed E-state index contributed by atoms with van der Waals surface area (Å²) < 4.78 is 6.32. The Morgan fingerprint density at radius 2 is 1.90 bits per heavy atom. The van der Waals surface area contributed by atoms with Crippen LogP contribution in [0.3, 0.4) is 0 Å². The van der Waals surface area contributed by atoms with Gasteiger partial charge in [0.2, 0.25) is 17.7 Å². The molecule has 3 heterocycles. The summed E-state index contributed by atoms with van der Waals surface area (Å²) in [5, 5.41) is 15.3. The Hall–Kier alpha value is -1.19. The lowest BCUT2D eigenvalue weighted by Gasteiger charge is -2.38. The number of likely N-dealkylation sites (tertiary alicyclic amines) is 1. The van der Waals surface area contributed by atoms with Crippen LogP contribution >= 0.6 is 15.9 Å². The van der Waals surface area contributed by atoms with Crippen LogP contribution in [0.4, 0.5) is 0 Å². The summed E-state index contributed by atoms with van der Waals surface area (Å²) in [5.41, 5.74) is -1.58. The molecule has 0 radical (unpaired) electrons. The molecule has 2 bridgehead atoms. The smallest absolute Gasteiger partial charge is 0.246 e. The molecule has 6 atom stereocenters. The van der Waals surface area contributed by atoms with Gasteiger partial charge in [-0.05, 0) is 32.1 Å². The van der Waals surface area contributed by atoms with Crippen molar-refractivity contribution in [3.8, 4) is 0 Å². The molecule has 3 saturated heterocycles. The van der Waals surface area contributed by atoms with Gasteiger partial charge in [-0.2, -0.15) is 0 Å². The van der Waals surface area contributed by atoms with Crippen LogP contribution in [-0.2, 0) is 19.1 Å². The van der Waals surface area contributed by atoms with Crippen molar-refractivity contribution in [1.82, 2.24) is 15.5 Å². The van der Waals surface area contributed by atoms with Crippen LogP contribution in [0, 0.1) is 17.3 Å². The summed E-state index contributed by atoms with van der Waals surface area (Å²) in [4.78, 5) is 40.8. The van der Waals surface area contributed by atoms with Gasteiger partial charge in [-0.1, -0.05) is 36.7 Å². The van der Waals surface area contributed by atoms with Crippen LogP contribution in [-0.4, -0.2) is 76.0 Å². The minimum Gasteiger partial charge on any atom is -0.395 e. The number of nitrogens with one attached hydrogen (secondary N) is 2. The lowest BCUT2D eigenvalue weighted by Crippen LogP contribution is -2.60. The number of ether oxygens (including phenoxy) is 1. The number of alkyl halides is 1. The van der Waals surface area contributed by atoms with E-state index in [0.29, 0.717) is 6.42 Å². The number of halogens is 1. The fourth-order valence-electron chi connectivity index (χ4n) is 6.02. The molecule has 0 aromatic carbocycles. The van der Waals surface area contributed by atoms with Crippen molar-refractivity contribution in [2.24, 2.45) is 17.3 Å². The Kier molecular flexibility index (Phi) is 6.06. The number of carbonyl (C=O) groups is 3. The predicted molar refractivity (Wildman–Crippen MR) is 115 cm³/mol. The Morgan fingerprint density at radius 1 is 1.27 bits per heavy atom. The first-order valence-electron chi connectivity index (χ1n) is 10.5. The van der Waals surface area contributed by atoms with E-state index in [1.54, 1.807) is 0 Å². The van der Waals surface area contributed by atoms with Gasteiger partial charge in [0.25, 0.3) is 0 Å². The number of amides is 3. The topological polar surface area (TPSA) is 108 Å². The number of carbonyl (C=O) groups excluding carboxylic acids is 3. The third-order valence-corrected chi connectivity index (χ3v) is 7.21. The molecule has 3 aliphatic heterocycles. The van der Waals surface area contributed by atoms with Gasteiger partial charge in [0, 0.05) is 24.0 Å². The van der Waals surface area contributed by atoms with Gasteiger partial charge in [-0.15, -0.1) is 0 Å². The molecular formula is C21H34BrN3O5. The van der Waals surface area contributed by atoms with E-state index in [0.717, 1.165) is 6.42 Å². The fraction of sp³-hybridized carbons (Fsp3) is 0.857. The lowest BCUT2D eigenvalue weighted by atomic mass is 9.70. The van der Waals surface area contributed by atoms with Crippen LogP contribution < -0.4 is 10.6 Å². The van der Waals surface area contributed by atoms with E-state index in [1.165, 1.54) is 11.9 Å². The second-order valence-corrected chi connectivity index (χ2v) is 11.8. The lowest BCUT2D eigenvalue weighted by molar-refractivity contribution is -0.143. The zero-order valence-electron chi connectivity index (χ0n) is 18.6. The number of rotatable bonds is 6. The van der Waals surface area contributed by atoms with E-state index < -0.39 is 35.1 Å². The van der Waals surface area contributed by atoms with Gasteiger partial charge in [-0.25, -0.2) is 0 Å². The third kappa shape index (κ3) is 3.77. The van der Waals surface area contributed by atoms with E-state index in [9.17, 15) is 19.5 Å². The first-order chi connectivity index (χ1) is 13.8. The molecule has 170 valence electrons. The number of aliphatic hydroxyl groups is 1.